The Labute approximate surface area is 126 Å². The van der Waals surface area contributed by atoms with Gasteiger partial charge < -0.3 is 10.8 Å². The van der Waals surface area contributed by atoms with Crippen molar-refractivity contribution in [1.82, 2.24) is 4.72 Å². The molecule has 118 valence electrons. The van der Waals surface area contributed by atoms with Gasteiger partial charge in [-0.1, -0.05) is 43.5 Å². The van der Waals surface area contributed by atoms with Gasteiger partial charge in [0.05, 0.1) is 11.9 Å². The minimum Gasteiger partial charge on any atom is -0.391 e. The van der Waals surface area contributed by atoms with Crippen molar-refractivity contribution < 1.29 is 13.5 Å². The van der Waals surface area contributed by atoms with E-state index < -0.39 is 16.1 Å². The zero-order valence-electron chi connectivity index (χ0n) is 12.2. The molecule has 1 aliphatic carbocycles. The van der Waals surface area contributed by atoms with Crippen molar-refractivity contribution in [3.63, 3.8) is 0 Å². The van der Waals surface area contributed by atoms with Crippen LogP contribution < -0.4 is 10.5 Å². The third kappa shape index (κ3) is 5.07. The van der Waals surface area contributed by atoms with Gasteiger partial charge in [-0.3, -0.25) is 0 Å². The van der Waals surface area contributed by atoms with Crippen LogP contribution in [0, 0.1) is 0 Å². The molecule has 2 unspecified atom stereocenters. The highest BCUT2D eigenvalue weighted by molar-refractivity contribution is 7.88. The number of rotatable bonds is 5. The lowest BCUT2D eigenvalue weighted by molar-refractivity contribution is 0.130. The van der Waals surface area contributed by atoms with Crippen LogP contribution in [0.25, 0.3) is 0 Å². The van der Waals surface area contributed by atoms with Gasteiger partial charge in [0.2, 0.25) is 10.0 Å². The van der Waals surface area contributed by atoms with Crippen LogP contribution in [0.3, 0.4) is 0 Å². The Hall–Kier alpha value is -0.950. The van der Waals surface area contributed by atoms with Crippen LogP contribution in [0.4, 0.5) is 0 Å². The number of hydrogen-bond donors (Lipinski definition) is 3. The average Bonchev–Trinajstić information content (AvgIpc) is 2.64. The van der Waals surface area contributed by atoms with E-state index in [0.717, 1.165) is 30.4 Å². The summed E-state index contributed by atoms with van der Waals surface area (Å²) in [5.74, 6) is -0.0684. The van der Waals surface area contributed by atoms with E-state index in [1.807, 2.05) is 12.1 Å². The molecule has 1 aliphatic rings. The fourth-order valence-electron chi connectivity index (χ4n) is 2.69. The summed E-state index contributed by atoms with van der Waals surface area (Å²) in [4.78, 5) is 0. The summed E-state index contributed by atoms with van der Waals surface area (Å²) < 4.78 is 27.1. The first-order chi connectivity index (χ1) is 10.00. The van der Waals surface area contributed by atoms with Crippen molar-refractivity contribution >= 4 is 10.0 Å². The average molecular weight is 312 g/mol. The van der Waals surface area contributed by atoms with E-state index in [1.165, 1.54) is 0 Å². The number of nitrogens with one attached hydrogen (secondary N) is 1. The number of benzene rings is 1. The van der Waals surface area contributed by atoms with Gasteiger partial charge in [0.25, 0.3) is 0 Å². The molecule has 5 nitrogen and oxygen atoms in total. The summed E-state index contributed by atoms with van der Waals surface area (Å²) in [5, 5.41) is 10.0. The largest absolute Gasteiger partial charge is 0.391 e. The second kappa shape index (κ2) is 7.35. The third-order valence-electron chi connectivity index (χ3n) is 3.93. The predicted octanol–water partition coefficient (Wildman–Crippen LogP) is 1.26. The first kappa shape index (κ1) is 16.4. The fourth-order valence-corrected chi connectivity index (χ4v) is 4.14. The third-order valence-corrected chi connectivity index (χ3v) is 5.30. The normalized spacial score (nSPS) is 23.7. The Bertz CT molecular complexity index is 543. The van der Waals surface area contributed by atoms with Crippen LogP contribution in [-0.4, -0.2) is 25.7 Å². The molecule has 21 heavy (non-hydrogen) atoms. The van der Waals surface area contributed by atoms with Gasteiger partial charge in [-0.15, -0.1) is 0 Å². The number of aliphatic hydroxyl groups is 1. The number of sulfonamides is 1. The Balaban J connectivity index is 2.00. The molecular formula is C15H24N2O3S. The van der Waals surface area contributed by atoms with Crippen molar-refractivity contribution in [2.45, 2.75) is 56.5 Å². The van der Waals surface area contributed by atoms with Crippen LogP contribution in [-0.2, 0) is 22.3 Å². The Kier molecular flexibility index (Phi) is 5.75. The number of aliphatic hydroxyl groups excluding tert-OH is 1. The summed E-state index contributed by atoms with van der Waals surface area (Å²) in [7, 11) is -3.44. The Morgan fingerprint density at radius 1 is 1.10 bits per heavy atom. The standard InChI is InChI=1S/C15H24N2O3S/c16-10-12-6-8-13(9-7-12)11-21(19,20)17-14-4-2-1-3-5-15(14)18/h6-9,14-15,17-18H,1-5,10-11,16H2. The van der Waals surface area contributed by atoms with Gasteiger partial charge in [-0.2, -0.15) is 0 Å². The molecule has 1 aromatic carbocycles. The van der Waals surface area contributed by atoms with Gasteiger partial charge in [0.15, 0.2) is 0 Å². The van der Waals surface area contributed by atoms with E-state index in [-0.39, 0.29) is 11.8 Å². The highest BCUT2D eigenvalue weighted by atomic mass is 32.2. The molecule has 0 saturated heterocycles. The Morgan fingerprint density at radius 2 is 1.71 bits per heavy atom. The van der Waals surface area contributed by atoms with E-state index in [1.54, 1.807) is 12.1 Å². The molecule has 0 radical (unpaired) electrons. The van der Waals surface area contributed by atoms with Crippen molar-refractivity contribution in [2.75, 3.05) is 0 Å². The maximum Gasteiger partial charge on any atom is 0.216 e. The quantitative estimate of drug-likeness (QED) is 0.714. The summed E-state index contributed by atoms with van der Waals surface area (Å²) in [6, 6.07) is 6.88. The fraction of sp³-hybridized carbons (Fsp3) is 0.600. The van der Waals surface area contributed by atoms with Gasteiger partial charge in [-0.05, 0) is 24.0 Å². The van der Waals surface area contributed by atoms with Gasteiger partial charge in [-0.25, -0.2) is 13.1 Å². The van der Waals surface area contributed by atoms with Crippen LogP contribution >= 0.6 is 0 Å². The maximum absolute atomic E-state index is 12.2. The van der Waals surface area contributed by atoms with Gasteiger partial charge in [0, 0.05) is 12.6 Å². The van der Waals surface area contributed by atoms with E-state index in [9.17, 15) is 13.5 Å². The zero-order valence-corrected chi connectivity index (χ0v) is 13.0. The van der Waals surface area contributed by atoms with Gasteiger partial charge in [0.1, 0.15) is 0 Å². The van der Waals surface area contributed by atoms with Crippen molar-refractivity contribution in [3.8, 4) is 0 Å². The molecule has 0 amide bonds. The van der Waals surface area contributed by atoms with E-state index in [2.05, 4.69) is 4.72 Å². The molecule has 1 fully saturated rings. The highest BCUT2D eigenvalue weighted by Gasteiger charge is 2.26. The second-order valence-corrected chi connectivity index (χ2v) is 7.46. The lowest BCUT2D eigenvalue weighted by Crippen LogP contribution is -2.43. The molecule has 2 atom stereocenters. The lowest BCUT2D eigenvalue weighted by Gasteiger charge is -2.21. The lowest BCUT2D eigenvalue weighted by atomic mass is 10.1. The molecule has 0 bridgehead atoms. The molecular weight excluding hydrogens is 288 g/mol. The minimum atomic E-state index is -3.44. The monoisotopic (exact) mass is 312 g/mol. The summed E-state index contributed by atoms with van der Waals surface area (Å²) in [6.45, 7) is 0.444. The molecule has 4 N–H and O–H groups in total. The molecule has 1 saturated carbocycles. The molecule has 0 spiro atoms. The van der Waals surface area contributed by atoms with E-state index >= 15 is 0 Å². The number of hydrogen-bond acceptors (Lipinski definition) is 4. The zero-order chi connectivity index (χ0) is 15.3. The molecule has 1 aromatic rings. The first-order valence-corrected chi connectivity index (χ1v) is 9.11. The number of nitrogens with two attached hydrogens (primary N) is 1. The molecule has 0 heterocycles. The molecule has 0 aromatic heterocycles. The van der Waals surface area contributed by atoms with Crippen LogP contribution in [0.2, 0.25) is 0 Å². The SMILES string of the molecule is NCc1ccc(CS(=O)(=O)NC2CCCCCC2O)cc1. The first-order valence-electron chi connectivity index (χ1n) is 7.46. The Morgan fingerprint density at radius 3 is 2.38 bits per heavy atom. The van der Waals surface area contributed by atoms with Crippen LogP contribution in [0.15, 0.2) is 24.3 Å². The van der Waals surface area contributed by atoms with E-state index in [0.29, 0.717) is 19.4 Å². The van der Waals surface area contributed by atoms with Gasteiger partial charge >= 0.3 is 0 Å². The summed E-state index contributed by atoms with van der Waals surface area (Å²) in [6.07, 6.45) is 3.75. The van der Waals surface area contributed by atoms with Crippen LogP contribution in [0.1, 0.15) is 43.2 Å². The minimum absolute atomic E-state index is 0.0684. The topological polar surface area (TPSA) is 92.4 Å². The van der Waals surface area contributed by atoms with E-state index in [4.69, 9.17) is 5.73 Å². The van der Waals surface area contributed by atoms with Crippen molar-refractivity contribution in [1.29, 1.82) is 0 Å². The molecule has 2 rings (SSSR count). The smallest absolute Gasteiger partial charge is 0.216 e. The van der Waals surface area contributed by atoms with Crippen LogP contribution in [0.5, 0.6) is 0 Å². The van der Waals surface area contributed by atoms with Crippen molar-refractivity contribution in [2.24, 2.45) is 5.73 Å². The molecule has 6 heteroatoms. The summed E-state index contributed by atoms with van der Waals surface area (Å²) >= 11 is 0. The maximum atomic E-state index is 12.2. The predicted molar refractivity (Wildman–Crippen MR) is 83.0 cm³/mol. The summed E-state index contributed by atoms with van der Waals surface area (Å²) in [5.41, 5.74) is 7.22. The van der Waals surface area contributed by atoms with Crippen molar-refractivity contribution in [3.05, 3.63) is 35.4 Å². The molecule has 0 aliphatic heterocycles. The highest BCUT2D eigenvalue weighted by Crippen LogP contribution is 2.19. The second-order valence-electron chi connectivity index (χ2n) is 5.71.